The first-order chi connectivity index (χ1) is 13.2. The van der Waals surface area contributed by atoms with Crippen molar-refractivity contribution in [2.45, 2.75) is 13.0 Å². The van der Waals surface area contributed by atoms with Crippen molar-refractivity contribution in [2.24, 2.45) is 0 Å². The van der Waals surface area contributed by atoms with Crippen LogP contribution < -0.4 is 28.6 Å². The number of rotatable bonds is 3. The molecule has 5 rings (SSSR count). The second-order valence-corrected chi connectivity index (χ2v) is 6.88. The summed E-state index contributed by atoms with van der Waals surface area (Å²) < 4.78 is 28.2. The van der Waals surface area contributed by atoms with E-state index in [0.717, 1.165) is 53.6 Å². The zero-order valence-corrected chi connectivity index (χ0v) is 15.7. The van der Waals surface area contributed by atoms with Gasteiger partial charge in [0, 0.05) is 12.5 Å². The van der Waals surface area contributed by atoms with Gasteiger partial charge < -0.3 is 23.7 Å². The summed E-state index contributed by atoms with van der Waals surface area (Å²) in [5.74, 6) is 3.84. The van der Waals surface area contributed by atoms with Crippen molar-refractivity contribution in [1.82, 2.24) is 0 Å². The Kier molecular flexibility index (Phi) is 3.68. The van der Waals surface area contributed by atoms with Crippen LogP contribution in [0.3, 0.4) is 0 Å². The summed E-state index contributed by atoms with van der Waals surface area (Å²) in [6.45, 7) is 2.09. The molecule has 140 valence electrons. The molecule has 0 aliphatic carbocycles. The van der Waals surface area contributed by atoms with E-state index in [1.165, 1.54) is 21.7 Å². The van der Waals surface area contributed by atoms with Crippen molar-refractivity contribution in [3.8, 4) is 28.7 Å². The number of fused-ring (bicyclic) bond motifs is 5. The lowest BCUT2D eigenvalue weighted by atomic mass is 9.89. The summed E-state index contributed by atoms with van der Waals surface area (Å²) in [6.07, 6.45) is 3.19. The molecule has 0 bridgehead atoms. The summed E-state index contributed by atoms with van der Waals surface area (Å²) >= 11 is 0. The maximum absolute atomic E-state index is 5.77. The number of hydrogen-bond donors (Lipinski definition) is 1. The van der Waals surface area contributed by atoms with Gasteiger partial charge in [-0.3, -0.25) is 4.90 Å². The smallest absolute Gasteiger partial charge is 0.231 e. The third-order valence-corrected chi connectivity index (χ3v) is 5.63. The van der Waals surface area contributed by atoms with Gasteiger partial charge in [-0.15, -0.1) is 0 Å². The second-order valence-electron chi connectivity index (χ2n) is 6.88. The Morgan fingerprint density at radius 2 is 1.85 bits per heavy atom. The highest BCUT2D eigenvalue weighted by Gasteiger charge is 2.37. The molecule has 1 atom stereocenters. The van der Waals surface area contributed by atoms with Crippen LogP contribution in [0.25, 0.3) is 11.8 Å². The van der Waals surface area contributed by atoms with E-state index in [0.29, 0.717) is 5.75 Å². The molecule has 0 saturated carbocycles. The molecule has 3 heterocycles. The van der Waals surface area contributed by atoms with E-state index in [-0.39, 0.29) is 6.79 Å². The molecule has 2 aromatic rings. The fraction of sp³-hybridized carbons (Fsp3) is 0.333. The Morgan fingerprint density at radius 3 is 2.63 bits per heavy atom. The largest absolute Gasteiger partial charge is 0.493 e. The molecular weight excluding hydrogens is 346 g/mol. The van der Waals surface area contributed by atoms with E-state index in [1.54, 1.807) is 21.3 Å². The Morgan fingerprint density at radius 1 is 1.00 bits per heavy atom. The van der Waals surface area contributed by atoms with Crippen LogP contribution in [0.1, 0.15) is 22.3 Å². The average Bonchev–Trinajstić information content (AvgIpc) is 3.17. The van der Waals surface area contributed by atoms with E-state index in [4.69, 9.17) is 23.7 Å². The van der Waals surface area contributed by atoms with Gasteiger partial charge in [0.05, 0.1) is 39.0 Å². The predicted octanol–water partition coefficient (Wildman–Crippen LogP) is 1.89. The molecule has 0 amide bonds. The molecule has 6 nitrogen and oxygen atoms in total. The van der Waals surface area contributed by atoms with Gasteiger partial charge >= 0.3 is 0 Å². The number of ether oxygens (including phenoxy) is 5. The third kappa shape index (κ3) is 2.29. The van der Waals surface area contributed by atoms with E-state index in [9.17, 15) is 0 Å². The van der Waals surface area contributed by atoms with E-state index < -0.39 is 0 Å². The monoisotopic (exact) mass is 368 g/mol. The van der Waals surface area contributed by atoms with Crippen molar-refractivity contribution in [3.63, 3.8) is 0 Å². The highest BCUT2D eigenvalue weighted by atomic mass is 16.7. The average molecular weight is 368 g/mol. The van der Waals surface area contributed by atoms with Crippen molar-refractivity contribution in [2.75, 3.05) is 34.7 Å². The summed E-state index contributed by atoms with van der Waals surface area (Å²) in [5.41, 5.74) is 5.93. The molecule has 27 heavy (non-hydrogen) atoms. The summed E-state index contributed by atoms with van der Waals surface area (Å²) in [6, 6.07) is 6.15. The molecule has 0 aromatic heterocycles. The van der Waals surface area contributed by atoms with Crippen LogP contribution in [0.5, 0.6) is 28.7 Å². The van der Waals surface area contributed by atoms with Gasteiger partial charge in [-0.05, 0) is 23.3 Å². The zero-order chi connectivity index (χ0) is 18.5. The van der Waals surface area contributed by atoms with Crippen LogP contribution in [0.15, 0.2) is 18.2 Å². The topological polar surface area (TPSA) is 50.6 Å². The second kappa shape index (κ2) is 6.09. The number of quaternary nitrogens is 1. The van der Waals surface area contributed by atoms with Crippen LogP contribution in [0.4, 0.5) is 0 Å². The fourth-order valence-electron chi connectivity index (χ4n) is 4.40. The van der Waals surface area contributed by atoms with Gasteiger partial charge in [0.15, 0.2) is 23.0 Å². The molecule has 0 saturated heterocycles. The van der Waals surface area contributed by atoms with Crippen LogP contribution in [-0.4, -0.2) is 34.7 Å². The summed E-state index contributed by atoms with van der Waals surface area (Å²) in [5, 5.41) is 0. The molecule has 1 unspecified atom stereocenters. The van der Waals surface area contributed by atoms with Crippen molar-refractivity contribution in [1.29, 1.82) is 0 Å². The highest BCUT2D eigenvalue weighted by molar-refractivity contribution is 5.86. The first-order valence-corrected chi connectivity index (χ1v) is 9.05. The first-order valence-electron chi connectivity index (χ1n) is 9.05. The molecule has 0 radical (unpaired) electrons. The predicted molar refractivity (Wildman–Crippen MR) is 99.8 cm³/mol. The van der Waals surface area contributed by atoms with Crippen molar-refractivity contribution in [3.05, 3.63) is 40.5 Å². The van der Waals surface area contributed by atoms with Crippen LogP contribution in [0.2, 0.25) is 0 Å². The van der Waals surface area contributed by atoms with Crippen LogP contribution in [0, 0.1) is 0 Å². The summed E-state index contributed by atoms with van der Waals surface area (Å²) in [4.78, 5) is 1.39. The van der Waals surface area contributed by atoms with E-state index >= 15 is 0 Å². The number of nitrogens with one attached hydrogen (secondary N) is 1. The fourth-order valence-corrected chi connectivity index (χ4v) is 4.40. The van der Waals surface area contributed by atoms with Crippen molar-refractivity contribution >= 4 is 11.8 Å². The maximum Gasteiger partial charge on any atom is 0.231 e. The Bertz CT molecular complexity index is 966. The highest BCUT2D eigenvalue weighted by Crippen LogP contribution is 2.48. The SMILES string of the molecule is COc1ccc2c(c1OC)C[NH+]1CCc3cc4c(c(OC)c3C1=C2)OCO4. The van der Waals surface area contributed by atoms with Gasteiger partial charge in [0.2, 0.25) is 12.5 Å². The minimum atomic E-state index is 0.240. The van der Waals surface area contributed by atoms with Gasteiger partial charge in [-0.25, -0.2) is 0 Å². The minimum Gasteiger partial charge on any atom is -0.493 e. The van der Waals surface area contributed by atoms with Gasteiger partial charge in [0.25, 0.3) is 0 Å². The van der Waals surface area contributed by atoms with Gasteiger partial charge in [-0.2, -0.15) is 0 Å². The zero-order valence-electron chi connectivity index (χ0n) is 15.7. The molecule has 0 fully saturated rings. The van der Waals surface area contributed by atoms with Gasteiger partial charge in [-0.1, -0.05) is 6.07 Å². The normalized spacial score (nSPS) is 18.8. The van der Waals surface area contributed by atoms with E-state index in [2.05, 4.69) is 18.2 Å². The quantitative estimate of drug-likeness (QED) is 0.897. The third-order valence-electron chi connectivity index (χ3n) is 5.63. The van der Waals surface area contributed by atoms with E-state index in [1.807, 2.05) is 6.07 Å². The van der Waals surface area contributed by atoms with Crippen LogP contribution >= 0.6 is 0 Å². The van der Waals surface area contributed by atoms with Gasteiger partial charge in [0.1, 0.15) is 12.2 Å². The standard InChI is InChI=1S/C21H21NO5/c1-23-16-5-4-12-8-15-18-13(6-7-22(15)10-14(12)19(16)24-2)9-17-20(21(18)25-3)27-11-26-17/h4-5,8-9H,6-7,10-11H2,1-3H3/p+1. The molecule has 3 aliphatic heterocycles. The Labute approximate surface area is 157 Å². The Hall–Kier alpha value is -2.86. The molecular formula is C21H22NO5+. The van der Waals surface area contributed by atoms with Crippen molar-refractivity contribution < 1.29 is 28.6 Å². The minimum absolute atomic E-state index is 0.240. The lowest BCUT2D eigenvalue weighted by Crippen LogP contribution is -3.09. The first kappa shape index (κ1) is 16.3. The molecule has 2 aromatic carbocycles. The number of methoxy groups -OCH3 is 3. The summed E-state index contributed by atoms with van der Waals surface area (Å²) in [7, 11) is 5.06. The molecule has 0 spiro atoms. The molecule has 1 N–H and O–H groups in total. The number of hydrogen-bond acceptors (Lipinski definition) is 5. The van der Waals surface area contributed by atoms with Crippen LogP contribution in [-0.2, 0) is 13.0 Å². The molecule has 3 aliphatic rings. The maximum atomic E-state index is 5.77. The lowest BCUT2D eigenvalue weighted by molar-refractivity contribution is -0.841. The molecule has 6 heteroatoms. The number of benzene rings is 2. The Balaban J connectivity index is 1.71. The lowest BCUT2D eigenvalue weighted by Gasteiger charge is -2.33.